The van der Waals surface area contributed by atoms with E-state index in [-0.39, 0.29) is 11.1 Å². The van der Waals surface area contributed by atoms with Crippen LogP contribution in [0.4, 0.5) is 0 Å². The van der Waals surface area contributed by atoms with Gasteiger partial charge < -0.3 is 5.32 Å². The predicted octanol–water partition coefficient (Wildman–Crippen LogP) is 1.39. The number of aryl methyl sites for hydroxylation is 1. The van der Waals surface area contributed by atoms with Crippen LogP contribution in [0, 0.1) is 6.92 Å². The molecule has 2 rings (SSSR count). The molecule has 0 spiro atoms. The van der Waals surface area contributed by atoms with Crippen molar-refractivity contribution in [3.05, 3.63) is 11.3 Å². The molecule has 0 unspecified atom stereocenters. The molecule has 0 radical (unpaired) electrons. The largest absolute Gasteiger partial charge is 0.316 e. The van der Waals surface area contributed by atoms with Gasteiger partial charge in [0.15, 0.2) is 5.03 Å². The minimum Gasteiger partial charge on any atom is -0.316 e. The monoisotopic (exact) mass is 300 g/mol. The Balaban J connectivity index is 2.37. The Morgan fingerprint density at radius 2 is 2.05 bits per heavy atom. The van der Waals surface area contributed by atoms with Crippen LogP contribution in [0.3, 0.4) is 0 Å². The average molecular weight is 300 g/mol. The topological polar surface area (TPSA) is 78.1 Å². The van der Waals surface area contributed by atoms with Gasteiger partial charge in [0, 0.05) is 30.4 Å². The minimum atomic E-state index is -3.52. The van der Waals surface area contributed by atoms with E-state index >= 15 is 0 Å². The first kappa shape index (κ1) is 15.5. The number of rotatable bonds is 6. The Kier molecular flexibility index (Phi) is 4.82. The van der Waals surface area contributed by atoms with Gasteiger partial charge in [0.1, 0.15) is 0 Å². The molecule has 7 heteroatoms. The van der Waals surface area contributed by atoms with Crippen LogP contribution in [-0.4, -0.2) is 42.6 Å². The van der Waals surface area contributed by atoms with E-state index in [9.17, 15) is 8.42 Å². The summed E-state index contributed by atoms with van der Waals surface area (Å²) < 4.78 is 27.4. The fourth-order valence-corrected chi connectivity index (χ4v) is 4.82. The zero-order valence-corrected chi connectivity index (χ0v) is 13.3. The first-order valence-corrected chi connectivity index (χ1v) is 8.66. The van der Waals surface area contributed by atoms with E-state index in [1.807, 2.05) is 13.8 Å². The Morgan fingerprint density at radius 1 is 1.40 bits per heavy atom. The van der Waals surface area contributed by atoms with Crippen LogP contribution in [0.15, 0.2) is 5.03 Å². The van der Waals surface area contributed by atoms with E-state index in [0.717, 1.165) is 36.9 Å². The lowest BCUT2D eigenvalue weighted by Crippen LogP contribution is -2.39. The van der Waals surface area contributed by atoms with Crippen LogP contribution in [0.25, 0.3) is 0 Å². The standard InChI is InChI=1S/C13H24N4O2S/c1-4-17(11-7-5-6-8-11)20(18,19)13-12(9-14-3)10(2)15-16-13/h11,14H,4-9H2,1-3H3,(H,15,16). The lowest BCUT2D eigenvalue weighted by atomic mass is 10.2. The number of sulfonamides is 1. The van der Waals surface area contributed by atoms with Gasteiger partial charge >= 0.3 is 0 Å². The van der Waals surface area contributed by atoms with Crippen molar-refractivity contribution in [3.8, 4) is 0 Å². The van der Waals surface area contributed by atoms with Crippen molar-refractivity contribution in [2.24, 2.45) is 0 Å². The summed E-state index contributed by atoms with van der Waals surface area (Å²) in [5.74, 6) is 0. The van der Waals surface area contributed by atoms with Crippen molar-refractivity contribution in [2.45, 2.75) is 57.1 Å². The maximum absolute atomic E-state index is 12.9. The molecule has 0 bridgehead atoms. The molecule has 1 fully saturated rings. The summed E-state index contributed by atoms with van der Waals surface area (Å²) >= 11 is 0. The zero-order valence-electron chi connectivity index (χ0n) is 12.4. The molecule has 1 aromatic rings. The van der Waals surface area contributed by atoms with E-state index in [1.54, 1.807) is 11.4 Å². The summed E-state index contributed by atoms with van der Waals surface area (Å²) in [4.78, 5) is 0. The molecule has 1 saturated carbocycles. The normalized spacial score (nSPS) is 17.2. The van der Waals surface area contributed by atoms with Gasteiger partial charge in [-0.25, -0.2) is 8.42 Å². The van der Waals surface area contributed by atoms with Crippen LogP contribution >= 0.6 is 0 Å². The van der Waals surface area contributed by atoms with Crippen molar-refractivity contribution < 1.29 is 8.42 Å². The van der Waals surface area contributed by atoms with Crippen molar-refractivity contribution in [3.63, 3.8) is 0 Å². The van der Waals surface area contributed by atoms with Gasteiger partial charge in [-0.3, -0.25) is 5.10 Å². The third-order valence-corrected chi connectivity index (χ3v) is 5.99. The van der Waals surface area contributed by atoms with Gasteiger partial charge in [-0.1, -0.05) is 19.8 Å². The first-order valence-electron chi connectivity index (χ1n) is 7.22. The highest BCUT2D eigenvalue weighted by atomic mass is 32.2. The molecular formula is C13H24N4O2S. The SMILES string of the molecule is CCN(C1CCCC1)S(=O)(=O)c1n[nH]c(C)c1CNC. The van der Waals surface area contributed by atoms with E-state index in [2.05, 4.69) is 15.5 Å². The second-order valence-corrected chi connectivity index (χ2v) is 7.12. The second-order valence-electron chi connectivity index (χ2n) is 5.31. The molecule has 114 valence electrons. The van der Waals surface area contributed by atoms with Crippen LogP contribution in [0.1, 0.15) is 43.9 Å². The first-order chi connectivity index (χ1) is 9.52. The molecule has 0 atom stereocenters. The molecule has 20 heavy (non-hydrogen) atoms. The van der Waals surface area contributed by atoms with Crippen LogP contribution in [0.5, 0.6) is 0 Å². The lowest BCUT2D eigenvalue weighted by Gasteiger charge is -2.26. The highest BCUT2D eigenvalue weighted by molar-refractivity contribution is 7.89. The summed E-state index contributed by atoms with van der Waals surface area (Å²) in [5.41, 5.74) is 1.55. The maximum atomic E-state index is 12.9. The Labute approximate surface area is 121 Å². The van der Waals surface area contributed by atoms with Crippen LogP contribution in [-0.2, 0) is 16.6 Å². The van der Waals surface area contributed by atoms with E-state index < -0.39 is 10.0 Å². The second kappa shape index (κ2) is 6.24. The third-order valence-electron chi connectivity index (χ3n) is 3.99. The highest BCUT2D eigenvalue weighted by Gasteiger charge is 2.35. The van der Waals surface area contributed by atoms with E-state index in [4.69, 9.17) is 0 Å². The van der Waals surface area contributed by atoms with Gasteiger partial charge in [-0.15, -0.1) is 0 Å². The molecule has 1 aliphatic rings. The number of hydrogen-bond acceptors (Lipinski definition) is 4. The maximum Gasteiger partial charge on any atom is 0.262 e. The van der Waals surface area contributed by atoms with Crippen LogP contribution in [0.2, 0.25) is 0 Å². The molecule has 1 aliphatic carbocycles. The Morgan fingerprint density at radius 3 is 2.60 bits per heavy atom. The van der Waals surface area contributed by atoms with Gasteiger partial charge in [-0.2, -0.15) is 9.40 Å². The predicted molar refractivity (Wildman–Crippen MR) is 77.9 cm³/mol. The number of nitrogens with one attached hydrogen (secondary N) is 2. The number of aromatic amines is 1. The van der Waals surface area contributed by atoms with Crippen molar-refractivity contribution in [2.75, 3.05) is 13.6 Å². The molecule has 1 aromatic heterocycles. The van der Waals surface area contributed by atoms with Gasteiger partial charge in [0.2, 0.25) is 0 Å². The van der Waals surface area contributed by atoms with E-state index in [0.29, 0.717) is 13.1 Å². The Hall–Kier alpha value is -0.920. The fourth-order valence-electron chi connectivity index (χ4n) is 2.96. The van der Waals surface area contributed by atoms with Crippen LogP contribution < -0.4 is 5.32 Å². The number of aromatic nitrogens is 2. The number of nitrogens with zero attached hydrogens (tertiary/aromatic N) is 2. The molecule has 0 aromatic carbocycles. The smallest absolute Gasteiger partial charge is 0.262 e. The summed E-state index contributed by atoms with van der Waals surface area (Å²) in [7, 11) is -1.71. The summed E-state index contributed by atoms with van der Waals surface area (Å²) in [5, 5.41) is 10.0. The molecule has 2 N–H and O–H groups in total. The van der Waals surface area contributed by atoms with E-state index in [1.165, 1.54) is 0 Å². The van der Waals surface area contributed by atoms with Crippen molar-refractivity contribution >= 4 is 10.0 Å². The molecular weight excluding hydrogens is 276 g/mol. The third kappa shape index (κ3) is 2.75. The summed E-state index contributed by atoms with van der Waals surface area (Å²) in [6.07, 6.45) is 4.13. The molecule has 0 amide bonds. The van der Waals surface area contributed by atoms with Gasteiger partial charge in [0.25, 0.3) is 10.0 Å². The quantitative estimate of drug-likeness (QED) is 0.832. The summed E-state index contributed by atoms with van der Waals surface area (Å²) in [6.45, 7) is 4.74. The Bertz CT molecular complexity index is 547. The molecule has 6 nitrogen and oxygen atoms in total. The lowest BCUT2D eigenvalue weighted by molar-refractivity contribution is 0.334. The average Bonchev–Trinajstić information content (AvgIpc) is 3.02. The zero-order chi connectivity index (χ0) is 14.8. The molecule has 1 heterocycles. The number of H-pyrrole nitrogens is 1. The summed E-state index contributed by atoms with van der Waals surface area (Å²) in [6, 6.07) is 0.129. The number of hydrogen-bond donors (Lipinski definition) is 2. The van der Waals surface area contributed by atoms with Gasteiger partial charge in [-0.05, 0) is 26.8 Å². The minimum absolute atomic E-state index is 0.129. The fraction of sp³-hybridized carbons (Fsp3) is 0.769. The van der Waals surface area contributed by atoms with Gasteiger partial charge in [0.05, 0.1) is 0 Å². The molecule has 0 saturated heterocycles. The van der Waals surface area contributed by atoms with Crippen molar-refractivity contribution in [1.29, 1.82) is 0 Å². The molecule has 0 aliphatic heterocycles. The van der Waals surface area contributed by atoms with Crippen molar-refractivity contribution in [1.82, 2.24) is 19.8 Å². The highest BCUT2D eigenvalue weighted by Crippen LogP contribution is 2.29.